The quantitative estimate of drug-likeness (QED) is 0.277. The minimum atomic E-state index is -0.579. The van der Waals surface area contributed by atoms with E-state index in [9.17, 15) is 19.7 Å². The van der Waals surface area contributed by atoms with Crippen LogP contribution in [0.3, 0.4) is 0 Å². The minimum absolute atomic E-state index is 0.0255. The fraction of sp³-hybridized carbons (Fsp3) is 0. The van der Waals surface area contributed by atoms with E-state index < -0.39 is 4.92 Å². The molecule has 132 valence electrons. The maximum absolute atomic E-state index is 12.4. The zero-order chi connectivity index (χ0) is 19.1. The highest BCUT2D eigenvalue weighted by molar-refractivity contribution is 6.41. The number of halogens is 1. The van der Waals surface area contributed by atoms with Crippen LogP contribution in [-0.4, -0.2) is 16.5 Å². The Morgan fingerprint density at radius 1 is 0.963 bits per heavy atom. The van der Waals surface area contributed by atoms with Gasteiger partial charge in [-0.1, -0.05) is 35.9 Å². The normalized spacial score (nSPS) is 13.0. The van der Waals surface area contributed by atoms with Crippen LogP contribution < -0.4 is 0 Å². The lowest BCUT2D eigenvalue weighted by Crippen LogP contribution is -1.99. The molecular weight excluding hydrogens is 370 g/mol. The van der Waals surface area contributed by atoms with Gasteiger partial charge in [0.05, 0.1) is 10.5 Å². The smallest absolute Gasteiger partial charge is 0.288 e. The monoisotopic (exact) mass is 379 g/mol. The maximum Gasteiger partial charge on any atom is 0.288 e. The first kappa shape index (κ1) is 16.9. The predicted octanol–water partition coefficient (Wildman–Crippen LogP) is 4.97. The molecule has 0 unspecified atom stereocenters. The van der Waals surface area contributed by atoms with Crippen LogP contribution in [0.2, 0.25) is 5.02 Å². The van der Waals surface area contributed by atoms with Gasteiger partial charge in [0, 0.05) is 22.8 Å². The van der Waals surface area contributed by atoms with Crippen LogP contribution in [-0.2, 0) is 0 Å². The van der Waals surface area contributed by atoms with Crippen molar-refractivity contribution in [1.29, 1.82) is 0 Å². The number of hydrogen-bond acceptors (Lipinski definition) is 5. The summed E-state index contributed by atoms with van der Waals surface area (Å²) in [5.74, 6) is -0.0458. The Labute approximate surface area is 157 Å². The summed E-state index contributed by atoms with van der Waals surface area (Å²) in [5.41, 5.74) is 0.993. The molecule has 1 aromatic heterocycles. The molecule has 1 heterocycles. The molecule has 0 amide bonds. The molecule has 0 spiro atoms. The van der Waals surface area contributed by atoms with Gasteiger partial charge in [0.25, 0.3) is 5.69 Å². The van der Waals surface area contributed by atoms with Crippen molar-refractivity contribution in [3.63, 3.8) is 0 Å². The first-order chi connectivity index (χ1) is 13.0. The molecule has 1 aliphatic carbocycles. The number of ketones is 2. The third-order valence-corrected chi connectivity index (χ3v) is 4.57. The van der Waals surface area contributed by atoms with Gasteiger partial charge in [0.15, 0.2) is 11.6 Å². The molecular formula is C20H10ClNO5. The van der Waals surface area contributed by atoms with Crippen LogP contribution in [0, 0.1) is 10.1 Å². The molecule has 0 saturated heterocycles. The number of rotatable bonds is 3. The molecule has 0 bridgehead atoms. The third kappa shape index (κ3) is 2.86. The van der Waals surface area contributed by atoms with E-state index in [4.69, 9.17) is 16.0 Å². The number of furan rings is 1. The summed E-state index contributed by atoms with van der Waals surface area (Å²) in [6.45, 7) is 0. The Morgan fingerprint density at radius 2 is 1.63 bits per heavy atom. The van der Waals surface area contributed by atoms with Crippen molar-refractivity contribution in [2.24, 2.45) is 0 Å². The highest BCUT2D eigenvalue weighted by Gasteiger charge is 2.32. The summed E-state index contributed by atoms with van der Waals surface area (Å²) in [4.78, 5) is 35.3. The minimum Gasteiger partial charge on any atom is -0.457 e. The first-order valence-corrected chi connectivity index (χ1v) is 8.28. The zero-order valence-electron chi connectivity index (χ0n) is 13.6. The lowest BCUT2D eigenvalue weighted by Gasteiger charge is -1.99. The number of Topliss-reactive ketones (excluding diaryl/α,β-unsaturated/α-hetero) is 2. The second-order valence-electron chi connectivity index (χ2n) is 5.89. The molecule has 2 aromatic carbocycles. The third-order valence-electron chi connectivity index (χ3n) is 4.25. The number of nitrogens with zero attached hydrogens (tertiary/aromatic N) is 1. The van der Waals surface area contributed by atoms with Gasteiger partial charge in [0.1, 0.15) is 16.5 Å². The van der Waals surface area contributed by atoms with E-state index in [1.165, 1.54) is 18.2 Å². The number of nitro benzene ring substituents is 1. The Hall–Kier alpha value is -3.51. The van der Waals surface area contributed by atoms with Gasteiger partial charge in [0.2, 0.25) is 0 Å². The lowest BCUT2D eigenvalue weighted by atomic mass is 10.1. The average molecular weight is 380 g/mol. The number of fused-ring (bicyclic) bond motifs is 1. The predicted molar refractivity (Wildman–Crippen MR) is 98.9 cm³/mol. The molecule has 0 radical (unpaired) electrons. The van der Waals surface area contributed by atoms with Crippen LogP contribution in [0.25, 0.3) is 17.4 Å². The Bertz CT molecular complexity index is 1120. The van der Waals surface area contributed by atoms with Gasteiger partial charge in [-0.2, -0.15) is 0 Å². The number of allylic oxidation sites excluding steroid dienone is 1. The van der Waals surface area contributed by atoms with E-state index in [2.05, 4.69) is 0 Å². The number of carbonyl (C=O) groups excluding carboxylic acids is 2. The summed E-state index contributed by atoms with van der Waals surface area (Å²) in [6.07, 6.45) is 1.39. The van der Waals surface area contributed by atoms with Crippen LogP contribution in [0.5, 0.6) is 0 Å². The van der Waals surface area contributed by atoms with Gasteiger partial charge in [-0.15, -0.1) is 0 Å². The van der Waals surface area contributed by atoms with Crippen molar-refractivity contribution < 1.29 is 18.9 Å². The molecule has 27 heavy (non-hydrogen) atoms. The Balaban J connectivity index is 1.70. The van der Waals surface area contributed by atoms with Crippen molar-refractivity contribution in [3.8, 4) is 11.3 Å². The molecule has 0 fully saturated rings. The Morgan fingerprint density at radius 3 is 2.26 bits per heavy atom. The highest BCUT2D eigenvalue weighted by Crippen LogP contribution is 2.33. The summed E-state index contributed by atoms with van der Waals surface area (Å²) >= 11 is 5.82. The summed E-state index contributed by atoms with van der Waals surface area (Å²) < 4.78 is 5.66. The van der Waals surface area contributed by atoms with E-state index >= 15 is 0 Å². The van der Waals surface area contributed by atoms with E-state index in [1.54, 1.807) is 42.5 Å². The van der Waals surface area contributed by atoms with Crippen molar-refractivity contribution >= 4 is 34.9 Å². The lowest BCUT2D eigenvalue weighted by molar-refractivity contribution is -0.384. The zero-order valence-corrected chi connectivity index (χ0v) is 14.4. The SMILES string of the molecule is O=C1C(=Cc2ccc(-c3ccc(Cl)c([N+](=O)[O-])c3)o2)C(=O)c2ccccc21. The van der Waals surface area contributed by atoms with E-state index in [-0.39, 0.29) is 27.8 Å². The van der Waals surface area contributed by atoms with Gasteiger partial charge in [-0.25, -0.2) is 0 Å². The van der Waals surface area contributed by atoms with E-state index in [1.807, 2.05) is 0 Å². The number of benzene rings is 2. The van der Waals surface area contributed by atoms with Crippen LogP contribution in [0.15, 0.2) is 64.6 Å². The molecule has 6 nitrogen and oxygen atoms in total. The van der Waals surface area contributed by atoms with Crippen LogP contribution in [0.1, 0.15) is 26.5 Å². The van der Waals surface area contributed by atoms with E-state index in [0.717, 1.165) is 0 Å². The second-order valence-corrected chi connectivity index (χ2v) is 6.29. The van der Waals surface area contributed by atoms with Crippen molar-refractivity contribution in [3.05, 3.63) is 92.2 Å². The topological polar surface area (TPSA) is 90.4 Å². The summed E-state index contributed by atoms with van der Waals surface area (Å²) in [7, 11) is 0. The first-order valence-electron chi connectivity index (χ1n) is 7.90. The number of hydrogen-bond donors (Lipinski definition) is 0. The van der Waals surface area contributed by atoms with Gasteiger partial charge < -0.3 is 4.42 Å². The molecule has 1 aliphatic rings. The van der Waals surface area contributed by atoms with Crippen molar-refractivity contribution in [2.45, 2.75) is 0 Å². The van der Waals surface area contributed by atoms with Gasteiger partial charge >= 0.3 is 0 Å². The number of nitro groups is 1. The summed E-state index contributed by atoms with van der Waals surface area (Å²) in [5, 5.41) is 11.1. The second kappa shape index (κ2) is 6.34. The molecule has 4 rings (SSSR count). The van der Waals surface area contributed by atoms with Gasteiger partial charge in [-0.3, -0.25) is 19.7 Å². The Kier molecular flexibility index (Phi) is 3.97. The molecule has 7 heteroatoms. The molecule has 3 aromatic rings. The molecule has 0 aliphatic heterocycles. The summed E-state index contributed by atoms with van der Waals surface area (Å²) in [6, 6.07) is 14.1. The van der Waals surface area contributed by atoms with E-state index in [0.29, 0.717) is 28.2 Å². The fourth-order valence-electron chi connectivity index (χ4n) is 2.94. The molecule has 0 saturated carbocycles. The molecule has 0 N–H and O–H groups in total. The molecule has 0 atom stereocenters. The number of carbonyl (C=O) groups is 2. The standard InChI is InChI=1S/C20H10ClNO5/c21-16-7-5-11(9-17(16)22(25)26)18-8-6-12(27-18)10-15-19(23)13-3-1-2-4-14(13)20(15)24/h1-10H. The highest BCUT2D eigenvalue weighted by atomic mass is 35.5. The largest absolute Gasteiger partial charge is 0.457 e. The maximum atomic E-state index is 12.4. The van der Waals surface area contributed by atoms with Crippen molar-refractivity contribution in [2.75, 3.05) is 0 Å². The van der Waals surface area contributed by atoms with Crippen molar-refractivity contribution in [1.82, 2.24) is 0 Å². The van der Waals surface area contributed by atoms with Crippen LogP contribution in [0.4, 0.5) is 5.69 Å². The average Bonchev–Trinajstić information content (AvgIpc) is 3.22. The van der Waals surface area contributed by atoms with Crippen LogP contribution >= 0.6 is 11.6 Å². The van der Waals surface area contributed by atoms with Gasteiger partial charge in [-0.05, 0) is 30.3 Å². The fourth-order valence-corrected chi connectivity index (χ4v) is 3.12.